The summed E-state index contributed by atoms with van der Waals surface area (Å²) in [6, 6.07) is 45.2. The fourth-order valence-corrected chi connectivity index (χ4v) is 8.65. The second kappa shape index (κ2) is 12.5. The summed E-state index contributed by atoms with van der Waals surface area (Å²) in [7, 11) is 0. The lowest BCUT2D eigenvalue weighted by Gasteiger charge is -2.10. The summed E-state index contributed by atoms with van der Waals surface area (Å²) in [5.41, 5.74) is 3.88. The number of benzene rings is 7. The number of aromatic nitrogens is 1. The van der Waals surface area contributed by atoms with E-state index in [0.29, 0.717) is 18.3 Å². The summed E-state index contributed by atoms with van der Waals surface area (Å²) in [5.74, 6) is 0.992. The Hall–Kier alpha value is -6.43. The highest BCUT2D eigenvalue weighted by Gasteiger charge is 2.19. The Kier molecular flexibility index (Phi) is 7.49. The van der Waals surface area contributed by atoms with Crippen molar-refractivity contribution in [1.29, 1.82) is 0 Å². The Balaban J connectivity index is 1.30. The molecule has 2 aromatic heterocycles. The maximum absolute atomic E-state index is 5.23. The van der Waals surface area contributed by atoms with E-state index in [2.05, 4.69) is 139 Å². The molecule has 5 heteroatoms. The zero-order valence-corrected chi connectivity index (χ0v) is 28.7. The molecular weight excluding hydrogens is 641 g/mol. The van der Waals surface area contributed by atoms with Crippen LogP contribution in [0.2, 0.25) is 0 Å². The maximum Gasteiger partial charge on any atom is 0.161 e. The van der Waals surface area contributed by atoms with Crippen LogP contribution in [0.4, 0.5) is 0 Å². The van der Waals surface area contributed by atoms with Crippen LogP contribution in [0.15, 0.2) is 179 Å². The van der Waals surface area contributed by atoms with E-state index < -0.39 is 0 Å². The fourth-order valence-electron chi connectivity index (χ4n) is 7.41. The van der Waals surface area contributed by atoms with Gasteiger partial charge in [0, 0.05) is 47.5 Å². The van der Waals surface area contributed by atoms with Crippen molar-refractivity contribution in [3.63, 3.8) is 0 Å². The molecule has 0 aliphatic rings. The SMILES string of the molecule is C=C/C=C(C=C)/C(N=C(N=C)c1ccc2ccccc2c1)=N/Cn1c2ccc3sc4c5ccccc5ccc4c3c2c2ccc3ccccc3c21. The van der Waals surface area contributed by atoms with Gasteiger partial charge in [0.25, 0.3) is 0 Å². The van der Waals surface area contributed by atoms with Crippen LogP contribution in [0.1, 0.15) is 5.56 Å². The summed E-state index contributed by atoms with van der Waals surface area (Å²) < 4.78 is 4.92. The number of fused-ring (bicyclic) bond motifs is 12. The van der Waals surface area contributed by atoms with Crippen LogP contribution in [0, 0.1) is 0 Å². The predicted octanol–water partition coefficient (Wildman–Crippen LogP) is 12.4. The van der Waals surface area contributed by atoms with Crippen LogP contribution in [0.25, 0.3) is 74.3 Å². The monoisotopic (exact) mass is 672 g/mol. The van der Waals surface area contributed by atoms with Gasteiger partial charge in [-0.05, 0) is 51.8 Å². The van der Waals surface area contributed by atoms with E-state index in [0.717, 1.165) is 32.9 Å². The second-order valence-electron chi connectivity index (χ2n) is 12.5. The molecule has 9 rings (SSSR count). The summed E-state index contributed by atoms with van der Waals surface area (Å²) in [6.07, 6.45) is 5.37. The first-order valence-corrected chi connectivity index (χ1v) is 17.7. The molecule has 0 spiro atoms. The zero-order chi connectivity index (χ0) is 34.5. The van der Waals surface area contributed by atoms with Crippen LogP contribution >= 0.6 is 11.3 Å². The number of amidine groups is 2. The quantitative estimate of drug-likeness (QED) is 0.0958. The van der Waals surface area contributed by atoms with Gasteiger partial charge >= 0.3 is 0 Å². The smallest absolute Gasteiger partial charge is 0.161 e. The molecule has 0 amide bonds. The molecule has 0 saturated carbocycles. The number of allylic oxidation sites excluding steroid dienone is 2. The second-order valence-corrected chi connectivity index (χ2v) is 13.6. The van der Waals surface area contributed by atoms with Gasteiger partial charge in [0.05, 0.1) is 11.0 Å². The van der Waals surface area contributed by atoms with Crippen molar-refractivity contribution in [2.45, 2.75) is 6.67 Å². The van der Waals surface area contributed by atoms with E-state index in [4.69, 9.17) is 9.98 Å². The van der Waals surface area contributed by atoms with Crippen molar-refractivity contribution in [2.75, 3.05) is 0 Å². The molecule has 0 saturated heterocycles. The van der Waals surface area contributed by atoms with Crippen molar-refractivity contribution in [3.05, 3.63) is 170 Å². The Morgan fingerprint density at radius 1 is 0.667 bits per heavy atom. The predicted molar refractivity (Wildman–Crippen MR) is 223 cm³/mol. The van der Waals surface area contributed by atoms with Crippen LogP contribution < -0.4 is 0 Å². The molecule has 0 N–H and O–H groups in total. The van der Waals surface area contributed by atoms with Crippen LogP contribution in [0.5, 0.6) is 0 Å². The standard InChI is InChI=1S/C46H32N4S/c1-4-12-29(5-2)46(49-45(47-3)34-20-19-30-13-6-7-16-33(30)27-34)48-28-50-39-25-26-40-42(38-24-22-32-15-9-11-18-36(32)44(38)51-40)41(39)37-23-21-31-14-8-10-17-35(31)43(37)50/h4-27H,1-3,28H2/b29-12+,48-46-,49-45?. The lowest BCUT2D eigenvalue weighted by atomic mass is 10.0. The zero-order valence-electron chi connectivity index (χ0n) is 27.9. The minimum absolute atomic E-state index is 0.327. The van der Waals surface area contributed by atoms with Gasteiger partial charge in [-0.2, -0.15) is 0 Å². The molecule has 2 heterocycles. The molecule has 9 aromatic rings. The average Bonchev–Trinajstić information content (AvgIpc) is 3.73. The minimum Gasteiger partial charge on any atom is -0.320 e. The van der Waals surface area contributed by atoms with Crippen molar-refractivity contribution < 1.29 is 0 Å². The van der Waals surface area contributed by atoms with Crippen molar-refractivity contribution in [2.24, 2.45) is 15.0 Å². The molecule has 0 aliphatic heterocycles. The number of hydrogen-bond donors (Lipinski definition) is 0. The highest BCUT2D eigenvalue weighted by Crippen LogP contribution is 2.45. The largest absolute Gasteiger partial charge is 0.320 e. The van der Waals surface area contributed by atoms with Gasteiger partial charge < -0.3 is 4.57 Å². The van der Waals surface area contributed by atoms with E-state index in [1.807, 2.05) is 35.6 Å². The molecular formula is C46H32N4S. The number of thiophene rings is 1. The van der Waals surface area contributed by atoms with Crippen molar-refractivity contribution in [3.8, 4) is 0 Å². The van der Waals surface area contributed by atoms with E-state index in [9.17, 15) is 0 Å². The summed E-state index contributed by atoms with van der Waals surface area (Å²) in [5, 5.41) is 12.2. The van der Waals surface area contributed by atoms with Crippen LogP contribution in [-0.4, -0.2) is 23.0 Å². The molecule has 7 aromatic carbocycles. The first kappa shape index (κ1) is 30.6. The van der Waals surface area contributed by atoms with E-state index in [1.165, 1.54) is 52.5 Å². The third-order valence-electron chi connectivity index (χ3n) is 9.74. The number of nitrogens with zero attached hydrogens (tertiary/aromatic N) is 4. The van der Waals surface area contributed by atoms with Gasteiger partial charge in [-0.1, -0.05) is 141 Å². The average molecular weight is 673 g/mol. The lowest BCUT2D eigenvalue weighted by molar-refractivity contribution is 0.793. The third kappa shape index (κ3) is 5.01. The van der Waals surface area contributed by atoms with Crippen molar-refractivity contribution in [1.82, 2.24) is 4.57 Å². The Morgan fingerprint density at radius 3 is 2.12 bits per heavy atom. The number of rotatable bonds is 6. The highest BCUT2D eigenvalue weighted by atomic mass is 32.1. The Morgan fingerprint density at radius 2 is 1.35 bits per heavy atom. The normalized spacial score (nSPS) is 13.0. The van der Waals surface area contributed by atoms with Gasteiger partial charge in [0.1, 0.15) is 6.67 Å². The molecule has 242 valence electrons. The van der Waals surface area contributed by atoms with Crippen molar-refractivity contribution >= 4 is 104 Å². The Bertz CT molecular complexity index is 3010. The maximum atomic E-state index is 5.23. The number of aliphatic imine (C=N–C) groups is 3. The van der Waals surface area contributed by atoms with E-state index >= 15 is 0 Å². The third-order valence-corrected chi connectivity index (χ3v) is 10.9. The molecule has 0 aliphatic carbocycles. The lowest BCUT2D eigenvalue weighted by Crippen LogP contribution is -2.07. The van der Waals surface area contributed by atoms with E-state index in [-0.39, 0.29) is 0 Å². The van der Waals surface area contributed by atoms with Gasteiger partial charge in [-0.25, -0.2) is 15.0 Å². The van der Waals surface area contributed by atoms with Crippen LogP contribution in [-0.2, 0) is 6.67 Å². The summed E-state index contributed by atoms with van der Waals surface area (Å²) >= 11 is 1.87. The van der Waals surface area contributed by atoms with Crippen LogP contribution in [0.3, 0.4) is 0 Å². The molecule has 0 radical (unpaired) electrons. The molecule has 0 unspecified atom stereocenters. The Labute approximate surface area is 299 Å². The first-order chi connectivity index (χ1) is 25.2. The first-order valence-electron chi connectivity index (χ1n) is 16.9. The van der Waals surface area contributed by atoms with E-state index in [1.54, 1.807) is 12.2 Å². The summed E-state index contributed by atoms with van der Waals surface area (Å²) in [4.78, 5) is 14.6. The summed E-state index contributed by atoms with van der Waals surface area (Å²) in [6.45, 7) is 12.3. The fraction of sp³-hybridized carbons (Fsp3) is 0.0217. The molecule has 0 atom stereocenters. The topological polar surface area (TPSA) is 42.0 Å². The van der Waals surface area contributed by atoms with Gasteiger partial charge in [0.2, 0.25) is 0 Å². The number of hydrogen-bond acceptors (Lipinski definition) is 2. The van der Waals surface area contributed by atoms with Gasteiger partial charge in [-0.15, -0.1) is 11.3 Å². The molecule has 0 bridgehead atoms. The highest BCUT2D eigenvalue weighted by molar-refractivity contribution is 7.27. The minimum atomic E-state index is 0.327. The van der Waals surface area contributed by atoms with Gasteiger partial charge in [0.15, 0.2) is 11.7 Å². The molecule has 0 fully saturated rings. The molecule has 51 heavy (non-hydrogen) atoms. The molecule has 4 nitrogen and oxygen atoms in total. The van der Waals surface area contributed by atoms with Gasteiger partial charge in [-0.3, -0.25) is 0 Å².